The summed E-state index contributed by atoms with van der Waals surface area (Å²) in [5, 5.41) is 6.38. The fourth-order valence-electron chi connectivity index (χ4n) is 3.42. The van der Waals surface area contributed by atoms with Gasteiger partial charge in [-0.05, 0) is 57.4 Å². The molecule has 0 bridgehead atoms. The van der Waals surface area contributed by atoms with Crippen LogP contribution in [0.25, 0.3) is 0 Å². The van der Waals surface area contributed by atoms with Crippen LogP contribution < -0.4 is 10.6 Å². The van der Waals surface area contributed by atoms with Crippen LogP contribution in [0.3, 0.4) is 0 Å². The minimum atomic E-state index is -0.288. The van der Waals surface area contributed by atoms with E-state index in [4.69, 9.17) is 4.74 Å². The van der Waals surface area contributed by atoms with Crippen molar-refractivity contribution in [2.24, 2.45) is 0 Å². The summed E-state index contributed by atoms with van der Waals surface area (Å²) in [6, 6.07) is 9.80. The molecular weight excluding hydrogens is 368 g/mol. The lowest BCUT2D eigenvalue weighted by Gasteiger charge is -2.31. The summed E-state index contributed by atoms with van der Waals surface area (Å²) in [6.07, 6.45) is 2.74. The molecule has 1 fully saturated rings. The molecule has 7 nitrogen and oxygen atoms in total. The molecule has 1 aliphatic rings. The molecule has 0 saturated carbocycles. The SMILES string of the molecule is CCOC(=O)N1CCC(NC(=O)c2cc(Nc3ccc(C)cc3C)ccn2)CC1. The van der Waals surface area contributed by atoms with Gasteiger partial charge in [0.05, 0.1) is 6.61 Å². The van der Waals surface area contributed by atoms with Crippen LogP contribution in [-0.4, -0.2) is 47.6 Å². The maximum Gasteiger partial charge on any atom is 0.409 e. The van der Waals surface area contributed by atoms with Crippen LogP contribution in [0.1, 0.15) is 41.4 Å². The van der Waals surface area contributed by atoms with Gasteiger partial charge in [0.2, 0.25) is 0 Å². The standard InChI is InChI=1S/C22H28N4O3/c1-4-29-22(28)26-11-8-17(9-12-26)25-21(27)20-14-18(7-10-23-20)24-19-6-5-15(2)13-16(19)3/h5-7,10,13-14,17H,4,8-9,11-12H2,1-3H3,(H,23,24)(H,25,27). The Labute approximate surface area is 171 Å². The van der Waals surface area contributed by atoms with Crippen molar-refractivity contribution in [3.8, 4) is 0 Å². The normalized spacial score (nSPS) is 14.4. The van der Waals surface area contributed by atoms with Crippen LogP contribution >= 0.6 is 0 Å². The molecule has 3 rings (SSSR count). The number of likely N-dealkylation sites (tertiary alicyclic amines) is 1. The molecule has 0 unspecified atom stereocenters. The van der Waals surface area contributed by atoms with E-state index in [2.05, 4.69) is 28.6 Å². The lowest BCUT2D eigenvalue weighted by molar-refractivity contribution is 0.0856. The Morgan fingerprint density at radius 3 is 2.62 bits per heavy atom. The summed E-state index contributed by atoms with van der Waals surface area (Å²) in [5.41, 5.74) is 4.53. The molecule has 2 aromatic rings. The number of benzene rings is 1. The lowest BCUT2D eigenvalue weighted by atomic mass is 10.1. The zero-order valence-corrected chi connectivity index (χ0v) is 17.2. The molecule has 2 heterocycles. The van der Waals surface area contributed by atoms with E-state index < -0.39 is 0 Å². The fourth-order valence-corrected chi connectivity index (χ4v) is 3.42. The summed E-state index contributed by atoms with van der Waals surface area (Å²) < 4.78 is 5.03. The molecule has 29 heavy (non-hydrogen) atoms. The Hall–Kier alpha value is -3.09. The number of rotatable bonds is 5. The molecule has 0 atom stereocenters. The largest absolute Gasteiger partial charge is 0.450 e. The first-order valence-corrected chi connectivity index (χ1v) is 9.99. The van der Waals surface area contributed by atoms with Gasteiger partial charge < -0.3 is 20.3 Å². The van der Waals surface area contributed by atoms with Crippen molar-refractivity contribution in [3.63, 3.8) is 0 Å². The van der Waals surface area contributed by atoms with E-state index in [9.17, 15) is 9.59 Å². The molecule has 154 valence electrons. The highest BCUT2D eigenvalue weighted by molar-refractivity contribution is 5.93. The summed E-state index contributed by atoms with van der Waals surface area (Å²) in [6.45, 7) is 7.42. The third kappa shape index (κ3) is 5.47. The fraction of sp³-hybridized carbons (Fsp3) is 0.409. The van der Waals surface area contributed by atoms with Gasteiger partial charge in [-0.15, -0.1) is 0 Å². The second kappa shape index (κ2) is 9.41. The summed E-state index contributed by atoms with van der Waals surface area (Å²) >= 11 is 0. The number of carbonyl (C=O) groups excluding carboxylic acids is 2. The smallest absolute Gasteiger partial charge is 0.409 e. The highest BCUT2D eigenvalue weighted by atomic mass is 16.6. The quantitative estimate of drug-likeness (QED) is 0.803. The predicted molar refractivity (Wildman–Crippen MR) is 113 cm³/mol. The van der Waals surface area contributed by atoms with Gasteiger partial charge in [0.15, 0.2) is 0 Å². The van der Waals surface area contributed by atoms with Crippen molar-refractivity contribution in [3.05, 3.63) is 53.3 Å². The van der Waals surface area contributed by atoms with E-state index in [-0.39, 0.29) is 18.0 Å². The summed E-state index contributed by atoms with van der Waals surface area (Å²) in [5.74, 6) is -0.205. The number of nitrogens with zero attached hydrogens (tertiary/aromatic N) is 2. The topological polar surface area (TPSA) is 83.6 Å². The third-order valence-electron chi connectivity index (χ3n) is 5.01. The molecule has 2 amide bonds. The minimum absolute atomic E-state index is 0.0194. The van der Waals surface area contributed by atoms with Crippen LogP contribution in [-0.2, 0) is 4.74 Å². The number of carbonyl (C=O) groups is 2. The van der Waals surface area contributed by atoms with Gasteiger partial charge in [-0.1, -0.05) is 17.7 Å². The summed E-state index contributed by atoms with van der Waals surface area (Å²) in [7, 11) is 0. The van der Waals surface area contributed by atoms with Crippen LogP contribution in [0.5, 0.6) is 0 Å². The number of aryl methyl sites for hydroxylation is 2. The molecule has 7 heteroatoms. The average molecular weight is 396 g/mol. The van der Waals surface area contributed by atoms with Crippen molar-refractivity contribution in [1.82, 2.24) is 15.2 Å². The Bertz CT molecular complexity index is 876. The third-order valence-corrected chi connectivity index (χ3v) is 5.01. The zero-order valence-electron chi connectivity index (χ0n) is 17.2. The monoisotopic (exact) mass is 396 g/mol. The number of nitrogens with one attached hydrogen (secondary N) is 2. The Morgan fingerprint density at radius 1 is 1.17 bits per heavy atom. The zero-order chi connectivity index (χ0) is 20.8. The first-order valence-electron chi connectivity index (χ1n) is 9.99. The first kappa shape index (κ1) is 20.6. The van der Waals surface area contributed by atoms with Crippen LogP contribution in [0.4, 0.5) is 16.2 Å². The molecule has 1 aromatic carbocycles. The van der Waals surface area contributed by atoms with Crippen molar-refractivity contribution in [1.29, 1.82) is 0 Å². The van der Waals surface area contributed by atoms with E-state index in [1.165, 1.54) is 5.56 Å². The molecule has 0 radical (unpaired) electrons. The van der Waals surface area contributed by atoms with Crippen molar-refractivity contribution >= 4 is 23.4 Å². The number of pyridine rings is 1. The maximum atomic E-state index is 12.6. The molecule has 0 aliphatic carbocycles. The number of amides is 2. The average Bonchev–Trinajstić information content (AvgIpc) is 2.71. The van der Waals surface area contributed by atoms with Crippen molar-refractivity contribution in [2.45, 2.75) is 39.7 Å². The van der Waals surface area contributed by atoms with E-state index in [0.29, 0.717) is 38.2 Å². The van der Waals surface area contributed by atoms with Crippen LogP contribution in [0.15, 0.2) is 36.5 Å². The summed E-state index contributed by atoms with van der Waals surface area (Å²) in [4.78, 5) is 30.3. The van der Waals surface area contributed by atoms with Gasteiger partial charge in [0.1, 0.15) is 5.69 Å². The Morgan fingerprint density at radius 2 is 1.93 bits per heavy atom. The Kier molecular flexibility index (Phi) is 6.69. The second-order valence-corrected chi connectivity index (χ2v) is 7.31. The maximum absolute atomic E-state index is 12.6. The van der Waals surface area contributed by atoms with Crippen molar-refractivity contribution in [2.75, 3.05) is 25.0 Å². The second-order valence-electron chi connectivity index (χ2n) is 7.31. The van der Waals surface area contributed by atoms with Gasteiger partial charge in [0, 0.05) is 36.7 Å². The van der Waals surface area contributed by atoms with E-state index in [0.717, 1.165) is 16.9 Å². The van der Waals surface area contributed by atoms with Crippen LogP contribution in [0.2, 0.25) is 0 Å². The van der Waals surface area contributed by atoms with E-state index >= 15 is 0 Å². The van der Waals surface area contributed by atoms with Gasteiger partial charge in [-0.2, -0.15) is 0 Å². The molecular formula is C22H28N4O3. The minimum Gasteiger partial charge on any atom is -0.450 e. The lowest BCUT2D eigenvalue weighted by Crippen LogP contribution is -2.46. The van der Waals surface area contributed by atoms with Gasteiger partial charge in [0.25, 0.3) is 5.91 Å². The molecule has 0 spiro atoms. The predicted octanol–water partition coefficient (Wildman–Crippen LogP) is 3.79. The van der Waals surface area contributed by atoms with E-state index in [1.807, 2.05) is 25.1 Å². The van der Waals surface area contributed by atoms with Gasteiger partial charge >= 0.3 is 6.09 Å². The first-order chi connectivity index (χ1) is 14.0. The number of aromatic nitrogens is 1. The van der Waals surface area contributed by atoms with Gasteiger partial charge in [-0.3, -0.25) is 9.78 Å². The molecule has 2 N–H and O–H groups in total. The number of ether oxygens (including phenoxy) is 1. The molecule has 1 aromatic heterocycles. The number of hydrogen-bond donors (Lipinski definition) is 2. The molecule has 1 saturated heterocycles. The van der Waals surface area contributed by atoms with Crippen LogP contribution in [0, 0.1) is 13.8 Å². The van der Waals surface area contributed by atoms with Crippen molar-refractivity contribution < 1.29 is 14.3 Å². The Balaban J connectivity index is 1.58. The van der Waals surface area contributed by atoms with E-state index in [1.54, 1.807) is 24.1 Å². The highest BCUT2D eigenvalue weighted by Gasteiger charge is 2.25. The number of piperidine rings is 1. The number of hydrogen-bond acceptors (Lipinski definition) is 5. The molecule has 1 aliphatic heterocycles. The highest BCUT2D eigenvalue weighted by Crippen LogP contribution is 2.22. The number of anilines is 2. The van der Waals surface area contributed by atoms with Gasteiger partial charge in [-0.25, -0.2) is 4.79 Å².